The molecule has 0 atom stereocenters. The van der Waals surface area contributed by atoms with E-state index in [1.165, 1.54) is 12.1 Å². The minimum absolute atomic E-state index is 0.0209. The van der Waals surface area contributed by atoms with Crippen LogP contribution in [-0.4, -0.2) is 41.2 Å². The first-order valence-corrected chi connectivity index (χ1v) is 9.18. The Morgan fingerprint density at radius 2 is 2.07 bits per heavy atom. The quantitative estimate of drug-likeness (QED) is 0.193. The summed E-state index contributed by atoms with van der Waals surface area (Å²) in [6, 6.07) is 6.54. The second-order valence-corrected chi connectivity index (χ2v) is 6.68. The number of benzene rings is 1. The van der Waals surface area contributed by atoms with Crippen molar-refractivity contribution in [2.24, 2.45) is 4.99 Å². The SMILES string of the molecule is C=C/C(=N\C(=C/C)OC(C)C)NC1=C(c2ccc([N+](=O)[O-])cc2)C=[N+](C)CC1. The summed E-state index contributed by atoms with van der Waals surface area (Å²) < 4.78 is 7.76. The topological polar surface area (TPSA) is 79.8 Å². The Balaban J connectivity index is 2.39. The fourth-order valence-electron chi connectivity index (χ4n) is 2.73. The third kappa shape index (κ3) is 5.64. The average Bonchev–Trinajstić information content (AvgIpc) is 2.67. The van der Waals surface area contributed by atoms with Crippen molar-refractivity contribution in [3.05, 3.63) is 70.3 Å². The summed E-state index contributed by atoms with van der Waals surface area (Å²) in [6.07, 6.45) is 6.27. The maximum Gasteiger partial charge on any atom is 0.269 e. The molecular weight excluding hydrogens is 356 g/mol. The molecule has 1 aromatic rings. The maximum atomic E-state index is 10.9. The van der Waals surface area contributed by atoms with E-state index < -0.39 is 4.92 Å². The number of rotatable bonds is 7. The average molecular weight is 383 g/mol. The van der Waals surface area contributed by atoms with Crippen molar-refractivity contribution in [1.82, 2.24) is 5.32 Å². The van der Waals surface area contributed by atoms with E-state index in [2.05, 4.69) is 21.5 Å². The first kappa shape index (κ1) is 21.1. The number of nitrogens with one attached hydrogen (secondary N) is 1. The van der Waals surface area contributed by atoms with Crippen LogP contribution < -0.4 is 5.32 Å². The molecule has 1 heterocycles. The zero-order valence-corrected chi connectivity index (χ0v) is 16.8. The van der Waals surface area contributed by atoms with Crippen molar-refractivity contribution in [3.63, 3.8) is 0 Å². The Kier molecular flexibility index (Phi) is 7.26. The minimum Gasteiger partial charge on any atom is -0.475 e. The molecule has 0 spiro atoms. The van der Waals surface area contributed by atoms with Crippen LogP contribution in [-0.2, 0) is 4.74 Å². The summed E-state index contributed by atoms with van der Waals surface area (Å²) in [6.45, 7) is 10.5. The highest BCUT2D eigenvalue weighted by molar-refractivity contribution is 6.10. The van der Waals surface area contributed by atoms with Crippen molar-refractivity contribution >= 4 is 23.3 Å². The molecule has 7 heteroatoms. The van der Waals surface area contributed by atoms with Gasteiger partial charge in [-0.15, -0.1) is 0 Å². The third-order valence-electron chi connectivity index (χ3n) is 4.08. The van der Waals surface area contributed by atoms with Gasteiger partial charge in [-0.3, -0.25) is 10.1 Å². The number of aliphatic imine (C=N–C) groups is 1. The van der Waals surface area contributed by atoms with Crippen molar-refractivity contribution in [3.8, 4) is 0 Å². The van der Waals surface area contributed by atoms with Crippen LogP contribution in [0.5, 0.6) is 0 Å². The van der Waals surface area contributed by atoms with E-state index in [-0.39, 0.29) is 11.8 Å². The summed E-state index contributed by atoms with van der Waals surface area (Å²) >= 11 is 0. The molecule has 0 bridgehead atoms. The number of ether oxygens (including phenoxy) is 1. The fourth-order valence-corrected chi connectivity index (χ4v) is 2.73. The van der Waals surface area contributed by atoms with Gasteiger partial charge in [0.05, 0.1) is 16.6 Å². The molecule has 1 aliphatic rings. The van der Waals surface area contributed by atoms with Crippen molar-refractivity contribution in [2.45, 2.75) is 33.3 Å². The van der Waals surface area contributed by atoms with Gasteiger partial charge in [0.15, 0.2) is 6.21 Å². The molecule has 0 radical (unpaired) electrons. The number of allylic oxidation sites excluding steroid dienone is 2. The highest BCUT2D eigenvalue weighted by Crippen LogP contribution is 2.23. The van der Waals surface area contributed by atoms with E-state index in [1.807, 2.05) is 34.0 Å². The number of hydrogen-bond donors (Lipinski definition) is 1. The first-order chi connectivity index (χ1) is 13.3. The summed E-state index contributed by atoms with van der Waals surface area (Å²) in [4.78, 5) is 15.0. The number of hydrogen-bond acceptors (Lipinski definition) is 4. The van der Waals surface area contributed by atoms with Crippen molar-refractivity contribution in [1.29, 1.82) is 0 Å². The van der Waals surface area contributed by atoms with Crippen LogP contribution in [0.15, 0.2) is 59.6 Å². The molecule has 0 amide bonds. The van der Waals surface area contributed by atoms with E-state index in [9.17, 15) is 10.1 Å². The number of non-ortho nitro benzene ring substituents is 1. The highest BCUT2D eigenvalue weighted by atomic mass is 16.6. The van der Waals surface area contributed by atoms with E-state index in [1.54, 1.807) is 24.3 Å². The molecule has 0 unspecified atom stereocenters. The third-order valence-corrected chi connectivity index (χ3v) is 4.08. The minimum atomic E-state index is -0.399. The lowest BCUT2D eigenvalue weighted by molar-refractivity contribution is -0.491. The number of amidine groups is 1. The smallest absolute Gasteiger partial charge is 0.269 e. The maximum absolute atomic E-state index is 10.9. The Morgan fingerprint density at radius 3 is 2.61 bits per heavy atom. The van der Waals surface area contributed by atoms with Crippen LogP contribution in [0.3, 0.4) is 0 Å². The zero-order valence-electron chi connectivity index (χ0n) is 16.8. The first-order valence-electron chi connectivity index (χ1n) is 9.18. The lowest BCUT2D eigenvalue weighted by atomic mass is 10.0. The lowest BCUT2D eigenvalue weighted by Crippen LogP contribution is -2.28. The molecule has 28 heavy (non-hydrogen) atoms. The highest BCUT2D eigenvalue weighted by Gasteiger charge is 2.19. The van der Waals surface area contributed by atoms with Crippen LogP contribution in [0, 0.1) is 10.1 Å². The molecule has 7 nitrogen and oxygen atoms in total. The summed E-state index contributed by atoms with van der Waals surface area (Å²) in [5.74, 6) is 1.10. The molecule has 1 aliphatic heterocycles. The molecule has 148 valence electrons. The monoisotopic (exact) mass is 383 g/mol. The Hall–Kier alpha value is -3.22. The van der Waals surface area contributed by atoms with Gasteiger partial charge in [-0.25, -0.2) is 4.58 Å². The molecule has 0 fully saturated rings. The number of nitro groups is 1. The molecule has 0 aromatic heterocycles. The van der Waals surface area contributed by atoms with Crippen LogP contribution >= 0.6 is 0 Å². The second kappa shape index (κ2) is 9.64. The van der Waals surface area contributed by atoms with Crippen LogP contribution in [0.4, 0.5) is 5.69 Å². The van der Waals surface area contributed by atoms with Crippen LogP contribution in [0.2, 0.25) is 0 Å². The summed E-state index contributed by atoms with van der Waals surface area (Å²) in [5.41, 5.74) is 2.91. The standard InChI is InChI=1S/C21H26N4O3/c1-6-20(23-21(7-2)28-15(3)4)22-19-12-13-24(5)14-18(19)16-8-10-17(11-9-16)25(26)27/h6-11,14-15H,1,12-13H2,2-5H3/p+1/b21-7+,23-20+. The van der Waals surface area contributed by atoms with Crippen LogP contribution in [0.25, 0.3) is 5.57 Å². The Labute approximate surface area is 165 Å². The number of nitrogens with zero attached hydrogens (tertiary/aromatic N) is 3. The largest absolute Gasteiger partial charge is 0.475 e. The van der Waals surface area contributed by atoms with Gasteiger partial charge < -0.3 is 10.1 Å². The van der Waals surface area contributed by atoms with Gasteiger partial charge in [0.1, 0.15) is 19.4 Å². The molecule has 0 saturated heterocycles. The van der Waals surface area contributed by atoms with E-state index in [0.29, 0.717) is 11.7 Å². The van der Waals surface area contributed by atoms with Gasteiger partial charge in [-0.05, 0) is 50.6 Å². The molecular formula is C21H27N4O3+. The molecule has 1 aromatic carbocycles. The van der Waals surface area contributed by atoms with E-state index in [4.69, 9.17) is 4.74 Å². The van der Waals surface area contributed by atoms with Gasteiger partial charge in [0.2, 0.25) is 5.88 Å². The van der Waals surface area contributed by atoms with Crippen molar-refractivity contribution < 1.29 is 14.2 Å². The zero-order chi connectivity index (χ0) is 20.7. The lowest BCUT2D eigenvalue weighted by Gasteiger charge is -2.18. The van der Waals surface area contributed by atoms with Crippen molar-refractivity contribution in [2.75, 3.05) is 13.6 Å². The van der Waals surface area contributed by atoms with Gasteiger partial charge >= 0.3 is 0 Å². The Bertz CT molecular complexity index is 862. The predicted octanol–water partition coefficient (Wildman–Crippen LogP) is 3.88. The fraction of sp³-hybridized carbons (Fsp3) is 0.333. The summed E-state index contributed by atoms with van der Waals surface area (Å²) in [5, 5.41) is 14.3. The predicted molar refractivity (Wildman–Crippen MR) is 112 cm³/mol. The van der Waals surface area contributed by atoms with Gasteiger partial charge in [-0.1, -0.05) is 6.58 Å². The Morgan fingerprint density at radius 1 is 1.39 bits per heavy atom. The molecule has 0 saturated carbocycles. The molecule has 1 N–H and O–H groups in total. The van der Waals surface area contributed by atoms with Gasteiger partial charge in [0, 0.05) is 24.3 Å². The van der Waals surface area contributed by atoms with E-state index in [0.717, 1.165) is 29.8 Å². The van der Waals surface area contributed by atoms with Crippen LogP contribution in [0.1, 0.15) is 32.8 Å². The number of nitro benzene ring substituents is 1. The second-order valence-electron chi connectivity index (χ2n) is 6.68. The molecule has 2 rings (SSSR count). The van der Waals surface area contributed by atoms with E-state index >= 15 is 0 Å². The molecule has 0 aliphatic carbocycles. The van der Waals surface area contributed by atoms with Gasteiger partial charge in [0.25, 0.3) is 5.69 Å². The summed E-state index contributed by atoms with van der Waals surface area (Å²) in [7, 11) is 2.00. The van der Waals surface area contributed by atoms with Gasteiger partial charge in [-0.2, -0.15) is 4.99 Å². The normalized spacial score (nSPS) is 15.4.